The summed E-state index contributed by atoms with van der Waals surface area (Å²) in [6, 6.07) is 0.687. The van der Waals surface area contributed by atoms with Crippen molar-refractivity contribution in [3.63, 3.8) is 0 Å². The van der Waals surface area contributed by atoms with Crippen LogP contribution in [0.25, 0.3) is 0 Å². The highest BCUT2D eigenvalue weighted by atomic mass is 16.5. The molecule has 90 valence electrons. The molecule has 0 spiro atoms. The van der Waals surface area contributed by atoms with Gasteiger partial charge in [0.15, 0.2) is 0 Å². The van der Waals surface area contributed by atoms with Crippen LogP contribution in [0.2, 0.25) is 0 Å². The van der Waals surface area contributed by atoms with Gasteiger partial charge in [-0.3, -0.25) is 0 Å². The van der Waals surface area contributed by atoms with Crippen LogP contribution in [0.15, 0.2) is 0 Å². The van der Waals surface area contributed by atoms with Crippen molar-refractivity contribution in [3.05, 3.63) is 0 Å². The average molecular weight is 213 g/mol. The highest BCUT2D eigenvalue weighted by Crippen LogP contribution is 2.24. The normalized spacial score (nSPS) is 25.2. The molecule has 0 aromatic carbocycles. The first kappa shape index (κ1) is 13.0. The third kappa shape index (κ3) is 4.52. The molecule has 1 N–H and O–H groups in total. The van der Waals surface area contributed by atoms with Gasteiger partial charge in [-0.1, -0.05) is 20.8 Å². The Labute approximate surface area is 94.8 Å². The number of ether oxygens (including phenoxy) is 1. The van der Waals surface area contributed by atoms with E-state index < -0.39 is 0 Å². The van der Waals surface area contributed by atoms with Gasteiger partial charge in [0.25, 0.3) is 0 Å². The Kier molecular flexibility index (Phi) is 6.26. The number of hydrogen-bond donors (Lipinski definition) is 1. The predicted octanol–water partition coefficient (Wildman–Crippen LogP) is 2.83. The molecule has 0 bridgehead atoms. The largest absolute Gasteiger partial charge is 0.381 e. The summed E-state index contributed by atoms with van der Waals surface area (Å²) in [4.78, 5) is 0. The first-order valence-electron chi connectivity index (χ1n) is 6.56. The van der Waals surface area contributed by atoms with Gasteiger partial charge in [-0.05, 0) is 44.1 Å². The molecule has 1 fully saturated rings. The van der Waals surface area contributed by atoms with Gasteiger partial charge in [0.05, 0.1) is 0 Å². The molecule has 2 nitrogen and oxygen atoms in total. The van der Waals surface area contributed by atoms with E-state index in [1.807, 2.05) is 0 Å². The van der Waals surface area contributed by atoms with Gasteiger partial charge in [-0.15, -0.1) is 0 Å². The minimum absolute atomic E-state index is 0.687. The van der Waals surface area contributed by atoms with E-state index in [4.69, 9.17) is 4.74 Å². The summed E-state index contributed by atoms with van der Waals surface area (Å²) in [5.41, 5.74) is 0. The second-order valence-electron chi connectivity index (χ2n) is 5.03. The molecule has 1 saturated heterocycles. The van der Waals surface area contributed by atoms with Crippen molar-refractivity contribution in [1.29, 1.82) is 0 Å². The van der Waals surface area contributed by atoms with E-state index in [1.165, 1.54) is 25.7 Å². The summed E-state index contributed by atoms with van der Waals surface area (Å²) in [6.45, 7) is 9.98. The minimum atomic E-state index is 0.687. The number of nitrogens with one attached hydrogen (secondary N) is 1. The first-order chi connectivity index (χ1) is 7.25. The fourth-order valence-electron chi connectivity index (χ4n) is 2.55. The van der Waals surface area contributed by atoms with Crippen molar-refractivity contribution in [2.75, 3.05) is 19.8 Å². The number of rotatable bonds is 5. The van der Waals surface area contributed by atoms with Crippen molar-refractivity contribution >= 4 is 0 Å². The topological polar surface area (TPSA) is 21.3 Å². The summed E-state index contributed by atoms with van der Waals surface area (Å²) in [6.07, 6.45) is 5.03. The quantitative estimate of drug-likeness (QED) is 0.758. The zero-order valence-electron chi connectivity index (χ0n) is 10.6. The monoisotopic (exact) mass is 213 g/mol. The molecule has 0 aromatic rings. The van der Waals surface area contributed by atoms with Crippen LogP contribution in [0.1, 0.15) is 46.5 Å². The lowest BCUT2D eigenvalue weighted by atomic mass is 9.85. The highest BCUT2D eigenvalue weighted by Gasteiger charge is 2.24. The Morgan fingerprint density at radius 1 is 1.27 bits per heavy atom. The van der Waals surface area contributed by atoms with Gasteiger partial charge < -0.3 is 10.1 Å². The molecule has 2 atom stereocenters. The zero-order chi connectivity index (χ0) is 11.1. The van der Waals surface area contributed by atoms with Crippen molar-refractivity contribution in [3.8, 4) is 0 Å². The average Bonchev–Trinajstić information content (AvgIpc) is 2.47. The maximum Gasteiger partial charge on any atom is 0.0469 e. The number of hydrogen-bond acceptors (Lipinski definition) is 2. The standard InChI is InChI=1S/C13H27NO/c1-4-8-14-13(11(2)3)12-6-5-9-15-10-7-12/h11-14H,4-10H2,1-3H3. The molecule has 0 aromatic heterocycles. The Morgan fingerprint density at radius 2 is 2.07 bits per heavy atom. The fourth-order valence-corrected chi connectivity index (χ4v) is 2.55. The van der Waals surface area contributed by atoms with Crippen LogP contribution < -0.4 is 5.32 Å². The van der Waals surface area contributed by atoms with E-state index in [-0.39, 0.29) is 0 Å². The lowest BCUT2D eigenvalue weighted by molar-refractivity contribution is 0.137. The molecule has 1 rings (SSSR count). The summed E-state index contributed by atoms with van der Waals surface area (Å²) in [5, 5.41) is 3.71. The molecule has 1 heterocycles. The molecule has 1 aliphatic rings. The van der Waals surface area contributed by atoms with Crippen LogP contribution in [-0.2, 0) is 4.74 Å². The third-order valence-electron chi connectivity index (χ3n) is 3.35. The molecule has 2 heteroatoms. The summed E-state index contributed by atoms with van der Waals surface area (Å²) < 4.78 is 5.53. The molecule has 1 aliphatic heterocycles. The van der Waals surface area contributed by atoms with Crippen molar-refractivity contribution < 1.29 is 4.74 Å². The predicted molar refractivity (Wildman–Crippen MR) is 65.1 cm³/mol. The highest BCUT2D eigenvalue weighted by molar-refractivity contribution is 4.80. The summed E-state index contributed by atoms with van der Waals surface area (Å²) in [7, 11) is 0. The van der Waals surface area contributed by atoms with Gasteiger partial charge in [-0.25, -0.2) is 0 Å². The van der Waals surface area contributed by atoms with Crippen LogP contribution in [0.3, 0.4) is 0 Å². The molecule has 0 aliphatic carbocycles. The van der Waals surface area contributed by atoms with Crippen molar-refractivity contribution in [1.82, 2.24) is 5.32 Å². The van der Waals surface area contributed by atoms with E-state index in [0.717, 1.165) is 31.6 Å². The molecule has 0 saturated carbocycles. The lowest BCUT2D eigenvalue weighted by Gasteiger charge is -2.30. The van der Waals surface area contributed by atoms with Gasteiger partial charge in [-0.2, -0.15) is 0 Å². The van der Waals surface area contributed by atoms with E-state index in [9.17, 15) is 0 Å². The van der Waals surface area contributed by atoms with Gasteiger partial charge in [0.2, 0.25) is 0 Å². The molecule has 2 unspecified atom stereocenters. The van der Waals surface area contributed by atoms with Gasteiger partial charge >= 0.3 is 0 Å². The zero-order valence-corrected chi connectivity index (χ0v) is 10.6. The van der Waals surface area contributed by atoms with Crippen LogP contribution in [0.4, 0.5) is 0 Å². The first-order valence-corrected chi connectivity index (χ1v) is 6.56. The van der Waals surface area contributed by atoms with Gasteiger partial charge in [0.1, 0.15) is 0 Å². The fraction of sp³-hybridized carbons (Fsp3) is 1.00. The Morgan fingerprint density at radius 3 is 2.73 bits per heavy atom. The van der Waals surface area contributed by atoms with Crippen LogP contribution in [0.5, 0.6) is 0 Å². The minimum Gasteiger partial charge on any atom is -0.381 e. The maximum absolute atomic E-state index is 5.53. The van der Waals surface area contributed by atoms with Crippen molar-refractivity contribution in [2.24, 2.45) is 11.8 Å². The third-order valence-corrected chi connectivity index (χ3v) is 3.35. The Balaban J connectivity index is 2.44. The molecular weight excluding hydrogens is 186 g/mol. The smallest absolute Gasteiger partial charge is 0.0469 e. The van der Waals surface area contributed by atoms with Crippen LogP contribution in [0, 0.1) is 11.8 Å². The van der Waals surface area contributed by atoms with Gasteiger partial charge in [0, 0.05) is 19.3 Å². The summed E-state index contributed by atoms with van der Waals surface area (Å²) >= 11 is 0. The Bertz CT molecular complexity index is 151. The van der Waals surface area contributed by atoms with E-state index in [1.54, 1.807) is 0 Å². The second kappa shape index (κ2) is 7.24. The molecule has 0 amide bonds. The molecule has 0 radical (unpaired) electrons. The van der Waals surface area contributed by atoms with Crippen molar-refractivity contribution in [2.45, 2.75) is 52.5 Å². The van der Waals surface area contributed by atoms with E-state index in [2.05, 4.69) is 26.1 Å². The lowest BCUT2D eigenvalue weighted by Crippen LogP contribution is -2.41. The van der Waals surface area contributed by atoms with Crippen LogP contribution >= 0.6 is 0 Å². The Hall–Kier alpha value is -0.0800. The van der Waals surface area contributed by atoms with Crippen LogP contribution in [-0.4, -0.2) is 25.8 Å². The molecular formula is C13H27NO. The van der Waals surface area contributed by atoms with E-state index >= 15 is 0 Å². The SMILES string of the molecule is CCCNC(C(C)C)C1CCCOCC1. The molecule has 15 heavy (non-hydrogen) atoms. The maximum atomic E-state index is 5.53. The van der Waals surface area contributed by atoms with E-state index in [0.29, 0.717) is 6.04 Å². The summed E-state index contributed by atoms with van der Waals surface area (Å²) in [5.74, 6) is 1.55. The second-order valence-corrected chi connectivity index (χ2v) is 5.03.